The SMILES string of the molecule is CNCCCCC(NC(=O)CCCCCNC(=O)CCCCC1SC[C@@H]2NC(=O)N[C@H]12)C(=O)NCCCCCC(=O)O. The van der Waals surface area contributed by atoms with Crippen molar-refractivity contribution >= 4 is 41.5 Å². The Labute approximate surface area is 254 Å². The van der Waals surface area contributed by atoms with E-state index in [0.717, 1.165) is 63.7 Å². The first-order valence-electron chi connectivity index (χ1n) is 15.7. The highest BCUT2D eigenvalue weighted by Crippen LogP contribution is 2.33. The van der Waals surface area contributed by atoms with Gasteiger partial charge in [-0.3, -0.25) is 19.2 Å². The van der Waals surface area contributed by atoms with Gasteiger partial charge in [0.1, 0.15) is 6.04 Å². The molecular formula is C29H52N6O6S. The molecule has 0 saturated carbocycles. The molecule has 2 aliphatic heterocycles. The van der Waals surface area contributed by atoms with Gasteiger partial charge in [-0.2, -0.15) is 11.8 Å². The fourth-order valence-electron chi connectivity index (χ4n) is 5.28. The lowest BCUT2D eigenvalue weighted by Gasteiger charge is -2.18. The number of carboxylic acid groups (broad SMARTS) is 1. The lowest BCUT2D eigenvalue weighted by Crippen LogP contribution is -2.47. The fraction of sp³-hybridized carbons (Fsp3) is 0.828. The van der Waals surface area contributed by atoms with E-state index in [-0.39, 0.29) is 42.3 Å². The number of urea groups is 1. The molecule has 4 atom stereocenters. The monoisotopic (exact) mass is 612 g/mol. The van der Waals surface area contributed by atoms with Gasteiger partial charge in [-0.1, -0.05) is 19.3 Å². The molecule has 0 aromatic rings. The van der Waals surface area contributed by atoms with Crippen LogP contribution >= 0.6 is 11.8 Å². The summed E-state index contributed by atoms with van der Waals surface area (Å²) in [5, 5.41) is 26.9. The lowest BCUT2D eigenvalue weighted by molar-refractivity contribution is -0.137. The molecule has 2 unspecified atom stereocenters. The largest absolute Gasteiger partial charge is 0.481 e. The predicted molar refractivity (Wildman–Crippen MR) is 164 cm³/mol. The average molecular weight is 613 g/mol. The van der Waals surface area contributed by atoms with Crippen molar-refractivity contribution < 1.29 is 29.1 Å². The third-order valence-corrected chi connectivity index (χ3v) is 9.18. The van der Waals surface area contributed by atoms with E-state index in [2.05, 4.69) is 31.9 Å². The van der Waals surface area contributed by atoms with Crippen molar-refractivity contribution in [3.8, 4) is 0 Å². The summed E-state index contributed by atoms with van der Waals surface area (Å²) in [6.07, 6.45) is 10.3. The Morgan fingerprint density at radius 3 is 2.24 bits per heavy atom. The van der Waals surface area contributed by atoms with Crippen molar-refractivity contribution in [3.63, 3.8) is 0 Å². The Bertz CT molecular complexity index is 862. The zero-order valence-corrected chi connectivity index (χ0v) is 26.0. The van der Waals surface area contributed by atoms with Crippen LogP contribution in [0.1, 0.15) is 96.3 Å². The average Bonchev–Trinajstić information content (AvgIpc) is 3.51. The normalized spacial score (nSPS) is 19.8. The van der Waals surface area contributed by atoms with Gasteiger partial charge in [0.2, 0.25) is 17.7 Å². The van der Waals surface area contributed by atoms with Crippen LogP contribution in [0.4, 0.5) is 4.79 Å². The first kappa shape index (κ1) is 35.7. The van der Waals surface area contributed by atoms with Crippen LogP contribution in [0.3, 0.4) is 0 Å². The number of carbonyl (C=O) groups is 5. The van der Waals surface area contributed by atoms with Crippen LogP contribution in [-0.2, 0) is 19.2 Å². The highest BCUT2D eigenvalue weighted by Gasteiger charge is 2.42. The summed E-state index contributed by atoms with van der Waals surface area (Å²) < 4.78 is 0. The number of hydrogen-bond donors (Lipinski definition) is 7. The Kier molecular flexibility index (Phi) is 18.0. The number of fused-ring (bicyclic) bond motifs is 1. The first-order chi connectivity index (χ1) is 20.3. The van der Waals surface area contributed by atoms with Gasteiger partial charge in [0.25, 0.3) is 0 Å². The van der Waals surface area contributed by atoms with Crippen LogP contribution in [-0.4, -0.2) is 90.6 Å². The van der Waals surface area contributed by atoms with Gasteiger partial charge in [-0.05, 0) is 71.4 Å². The molecule has 13 heteroatoms. The summed E-state index contributed by atoms with van der Waals surface area (Å²) >= 11 is 1.89. The molecule has 0 spiro atoms. The zero-order valence-electron chi connectivity index (χ0n) is 25.1. The summed E-state index contributed by atoms with van der Waals surface area (Å²) in [5.74, 6) is -0.153. The number of thioether (sulfide) groups is 1. The smallest absolute Gasteiger partial charge is 0.315 e. The van der Waals surface area contributed by atoms with E-state index >= 15 is 0 Å². The van der Waals surface area contributed by atoms with Crippen LogP contribution in [0.15, 0.2) is 0 Å². The minimum absolute atomic E-state index is 0.0505. The molecular weight excluding hydrogens is 560 g/mol. The predicted octanol–water partition coefficient (Wildman–Crippen LogP) is 2.02. The Balaban J connectivity index is 1.52. The maximum Gasteiger partial charge on any atom is 0.315 e. The molecule has 0 aliphatic carbocycles. The molecule has 12 nitrogen and oxygen atoms in total. The van der Waals surface area contributed by atoms with E-state index in [0.29, 0.717) is 56.9 Å². The fourth-order valence-corrected chi connectivity index (χ4v) is 6.82. The van der Waals surface area contributed by atoms with Crippen LogP contribution in [0.25, 0.3) is 0 Å². The molecule has 0 aromatic heterocycles. The summed E-state index contributed by atoms with van der Waals surface area (Å²) in [5.41, 5.74) is 0. The standard InChI is InChI=1S/C29H52N6O6S/c1-30-17-11-8-12-21(28(40)32-19-10-3-5-16-26(38)39)33-25(37)15-4-2-9-18-31-24(36)14-7-6-13-23-27-22(20-42-23)34-29(41)35-27/h21-23,27,30H,2-20H2,1H3,(H,31,36)(H,32,40)(H,33,37)(H,38,39)(H2,34,35,41)/t21?,22-,23?,27-/m0/s1. The highest BCUT2D eigenvalue weighted by molar-refractivity contribution is 8.00. The second-order valence-electron chi connectivity index (χ2n) is 11.2. The molecule has 42 heavy (non-hydrogen) atoms. The van der Waals surface area contributed by atoms with Gasteiger partial charge >= 0.3 is 12.0 Å². The molecule has 2 fully saturated rings. The second kappa shape index (κ2) is 21.2. The van der Waals surface area contributed by atoms with Crippen LogP contribution in [0.5, 0.6) is 0 Å². The van der Waals surface area contributed by atoms with E-state index in [9.17, 15) is 24.0 Å². The number of unbranched alkanes of at least 4 members (excludes halogenated alkanes) is 6. The number of nitrogens with one attached hydrogen (secondary N) is 6. The maximum absolute atomic E-state index is 12.7. The molecule has 0 radical (unpaired) electrons. The van der Waals surface area contributed by atoms with Gasteiger partial charge in [-0.25, -0.2) is 4.79 Å². The van der Waals surface area contributed by atoms with Crippen molar-refractivity contribution in [2.24, 2.45) is 0 Å². The highest BCUT2D eigenvalue weighted by atomic mass is 32.2. The van der Waals surface area contributed by atoms with Gasteiger partial charge in [0, 0.05) is 43.4 Å². The van der Waals surface area contributed by atoms with Crippen molar-refractivity contribution in [2.45, 2.75) is 120 Å². The third kappa shape index (κ3) is 15.1. The molecule has 2 saturated heterocycles. The quantitative estimate of drug-likeness (QED) is 0.0639. The van der Waals surface area contributed by atoms with E-state index in [4.69, 9.17) is 5.11 Å². The van der Waals surface area contributed by atoms with Crippen molar-refractivity contribution in [2.75, 3.05) is 32.4 Å². The Hall–Kier alpha value is -2.54. The molecule has 2 rings (SSSR count). The van der Waals surface area contributed by atoms with E-state index in [1.807, 2.05) is 18.8 Å². The number of carbonyl (C=O) groups excluding carboxylic acids is 4. The second-order valence-corrected chi connectivity index (χ2v) is 12.5. The molecule has 7 N–H and O–H groups in total. The topological polar surface area (TPSA) is 178 Å². The maximum atomic E-state index is 12.7. The third-order valence-electron chi connectivity index (χ3n) is 7.67. The molecule has 5 amide bonds. The van der Waals surface area contributed by atoms with Gasteiger partial charge in [0.15, 0.2) is 0 Å². The minimum Gasteiger partial charge on any atom is -0.481 e. The van der Waals surface area contributed by atoms with Gasteiger partial charge < -0.3 is 37.0 Å². The molecule has 0 bridgehead atoms. The minimum atomic E-state index is -0.813. The van der Waals surface area contributed by atoms with Gasteiger partial charge in [0.05, 0.1) is 12.1 Å². The van der Waals surface area contributed by atoms with E-state index in [1.54, 1.807) is 0 Å². The van der Waals surface area contributed by atoms with Crippen molar-refractivity contribution in [1.29, 1.82) is 0 Å². The first-order valence-corrected chi connectivity index (χ1v) is 16.7. The molecule has 240 valence electrons. The summed E-state index contributed by atoms with van der Waals surface area (Å²) in [7, 11) is 1.88. The molecule has 2 aliphatic rings. The number of amides is 5. The molecule has 2 heterocycles. The molecule has 0 aromatic carbocycles. The zero-order chi connectivity index (χ0) is 30.6. The van der Waals surface area contributed by atoms with E-state index in [1.165, 1.54) is 0 Å². The summed E-state index contributed by atoms with van der Waals surface area (Å²) in [4.78, 5) is 59.5. The number of aliphatic carboxylic acids is 1. The van der Waals surface area contributed by atoms with Gasteiger partial charge in [-0.15, -0.1) is 0 Å². The van der Waals surface area contributed by atoms with Crippen molar-refractivity contribution in [1.82, 2.24) is 31.9 Å². The Morgan fingerprint density at radius 2 is 1.50 bits per heavy atom. The summed E-state index contributed by atoms with van der Waals surface area (Å²) in [6.45, 7) is 1.90. The number of hydrogen-bond acceptors (Lipinski definition) is 7. The Morgan fingerprint density at radius 1 is 0.833 bits per heavy atom. The van der Waals surface area contributed by atoms with Crippen LogP contribution in [0.2, 0.25) is 0 Å². The van der Waals surface area contributed by atoms with Crippen molar-refractivity contribution in [3.05, 3.63) is 0 Å². The number of carboxylic acids is 1. The van der Waals surface area contributed by atoms with E-state index < -0.39 is 12.0 Å². The van der Waals surface area contributed by atoms with Crippen LogP contribution in [0, 0.1) is 0 Å². The lowest BCUT2D eigenvalue weighted by atomic mass is 10.0. The summed E-state index contributed by atoms with van der Waals surface area (Å²) in [6, 6.07) is -0.208. The number of rotatable bonds is 24. The van der Waals surface area contributed by atoms with Crippen LogP contribution < -0.4 is 31.9 Å².